The third kappa shape index (κ3) is 4.50. The number of nitrogens with zero attached hydrogens (tertiary/aromatic N) is 3. The highest BCUT2D eigenvalue weighted by molar-refractivity contribution is 5.88. The van der Waals surface area contributed by atoms with E-state index in [2.05, 4.69) is 10.3 Å². The van der Waals surface area contributed by atoms with E-state index in [1.807, 2.05) is 30.9 Å². The second kappa shape index (κ2) is 7.85. The normalized spacial score (nSPS) is 19.0. The summed E-state index contributed by atoms with van der Waals surface area (Å²) < 4.78 is 0. The lowest BCUT2D eigenvalue weighted by Gasteiger charge is -2.37. The van der Waals surface area contributed by atoms with Crippen molar-refractivity contribution in [2.45, 2.75) is 46.0 Å². The molecule has 3 rings (SSSR count). The van der Waals surface area contributed by atoms with Crippen molar-refractivity contribution in [2.75, 3.05) is 31.5 Å². The first-order chi connectivity index (χ1) is 12.0. The van der Waals surface area contributed by atoms with Crippen LogP contribution in [0.2, 0.25) is 0 Å². The molecule has 2 heterocycles. The molecule has 0 atom stereocenters. The summed E-state index contributed by atoms with van der Waals surface area (Å²) in [5.41, 5.74) is 1.96. The van der Waals surface area contributed by atoms with Gasteiger partial charge in [0.25, 0.3) is 0 Å². The smallest absolute Gasteiger partial charge is 0.323 e. The monoisotopic (exact) mass is 344 g/mol. The van der Waals surface area contributed by atoms with E-state index >= 15 is 0 Å². The minimum Gasteiger partial charge on any atom is -0.339 e. The van der Waals surface area contributed by atoms with Gasteiger partial charge in [0.1, 0.15) is 5.82 Å². The summed E-state index contributed by atoms with van der Waals surface area (Å²) in [5.74, 6) is 1.08. The van der Waals surface area contributed by atoms with Crippen molar-refractivity contribution in [3.63, 3.8) is 0 Å². The number of carbonyl (C=O) groups is 2. The minimum absolute atomic E-state index is 0.137. The van der Waals surface area contributed by atoms with Gasteiger partial charge in [0.05, 0.1) is 0 Å². The third-order valence-corrected chi connectivity index (χ3v) is 5.17. The van der Waals surface area contributed by atoms with Crippen molar-refractivity contribution in [1.29, 1.82) is 0 Å². The number of aromatic nitrogens is 1. The van der Waals surface area contributed by atoms with Gasteiger partial charge < -0.3 is 9.80 Å². The molecule has 0 radical (unpaired) electrons. The average molecular weight is 344 g/mol. The third-order valence-electron chi connectivity index (χ3n) is 5.17. The first kappa shape index (κ1) is 17.7. The van der Waals surface area contributed by atoms with Crippen molar-refractivity contribution in [3.8, 4) is 0 Å². The van der Waals surface area contributed by atoms with Crippen LogP contribution in [0.15, 0.2) is 12.1 Å². The predicted octanol–water partition coefficient (Wildman–Crippen LogP) is 2.95. The summed E-state index contributed by atoms with van der Waals surface area (Å²) in [4.78, 5) is 33.1. The number of hydrogen-bond donors (Lipinski definition) is 1. The molecule has 1 aliphatic carbocycles. The van der Waals surface area contributed by atoms with Gasteiger partial charge in [-0.1, -0.05) is 19.3 Å². The number of hydrogen-bond acceptors (Lipinski definition) is 3. The maximum atomic E-state index is 12.6. The number of anilines is 1. The van der Waals surface area contributed by atoms with E-state index in [4.69, 9.17) is 0 Å². The van der Waals surface area contributed by atoms with Gasteiger partial charge in [0, 0.05) is 37.8 Å². The fraction of sp³-hybridized carbons (Fsp3) is 0.632. The Bertz CT molecular complexity index is 612. The SMILES string of the molecule is Cc1cc(C)nc(NC(=O)N2CCN(C(=O)C3CCCCC3)CC2)c1. The van der Waals surface area contributed by atoms with Crippen molar-refractivity contribution >= 4 is 17.8 Å². The molecule has 2 fully saturated rings. The zero-order valence-electron chi connectivity index (χ0n) is 15.3. The Balaban J connectivity index is 1.51. The van der Waals surface area contributed by atoms with Gasteiger partial charge in [-0.3, -0.25) is 10.1 Å². The number of aryl methyl sites for hydroxylation is 2. The van der Waals surface area contributed by atoms with Gasteiger partial charge in [0.2, 0.25) is 5.91 Å². The fourth-order valence-corrected chi connectivity index (χ4v) is 3.83. The topological polar surface area (TPSA) is 65.5 Å². The molecule has 1 N–H and O–H groups in total. The minimum atomic E-state index is -0.137. The zero-order chi connectivity index (χ0) is 17.8. The van der Waals surface area contributed by atoms with E-state index < -0.39 is 0 Å². The fourth-order valence-electron chi connectivity index (χ4n) is 3.83. The standard InChI is InChI=1S/C19H28N4O2/c1-14-12-15(2)20-17(13-14)21-19(25)23-10-8-22(9-11-23)18(24)16-6-4-3-5-7-16/h12-13,16H,3-11H2,1-2H3,(H,20,21,25). The average Bonchev–Trinajstić information content (AvgIpc) is 2.61. The maximum absolute atomic E-state index is 12.6. The lowest BCUT2D eigenvalue weighted by atomic mass is 9.88. The molecule has 6 heteroatoms. The van der Waals surface area contributed by atoms with Gasteiger partial charge in [-0.25, -0.2) is 9.78 Å². The molecule has 1 aromatic rings. The molecule has 0 unspecified atom stereocenters. The predicted molar refractivity (Wildman–Crippen MR) is 97.5 cm³/mol. The quantitative estimate of drug-likeness (QED) is 0.897. The summed E-state index contributed by atoms with van der Waals surface area (Å²) in [5, 5.41) is 2.87. The van der Waals surface area contributed by atoms with E-state index in [9.17, 15) is 9.59 Å². The molecule has 1 aromatic heterocycles. The van der Waals surface area contributed by atoms with Crippen LogP contribution in [0.4, 0.5) is 10.6 Å². The number of amides is 3. The van der Waals surface area contributed by atoms with Crippen LogP contribution >= 0.6 is 0 Å². The van der Waals surface area contributed by atoms with Gasteiger partial charge in [-0.05, 0) is 44.4 Å². The van der Waals surface area contributed by atoms with Gasteiger partial charge in [-0.2, -0.15) is 0 Å². The zero-order valence-corrected chi connectivity index (χ0v) is 15.3. The molecule has 0 aromatic carbocycles. The number of carbonyl (C=O) groups excluding carboxylic acids is 2. The molecule has 2 aliphatic rings. The first-order valence-corrected chi connectivity index (χ1v) is 9.33. The molecule has 3 amide bonds. The first-order valence-electron chi connectivity index (χ1n) is 9.33. The highest BCUT2D eigenvalue weighted by Crippen LogP contribution is 2.25. The number of pyridine rings is 1. The molecule has 25 heavy (non-hydrogen) atoms. The molecule has 1 saturated heterocycles. The van der Waals surface area contributed by atoms with Crippen molar-refractivity contribution in [2.24, 2.45) is 5.92 Å². The number of nitrogens with one attached hydrogen (secondary N) is 1. The van der Waals surface area contributed by atoms with Crippen LogP contribution in [0.5, 0.6) is 0 Å². The van der Waals surface area contributed by atoms with E-state index in [-0.39, 0.29) is 17.9 Å². The van der Waals surface area contributed by atoms with Crippen LogP contribution < -0.4 is 5.32 Å². The second-order valence-corrected chi connectivity index (χ2v) is 7.25. The Morgan fingerprint density at radius 2 is 1.64 bits per heavy atom. The van der Waals surface area contributed by atoms with Crippen molar-refractivity contribution in [1.82, 2.24) is 14.8 Å². The molecule has 0 spiro atoms. The van der Waals surface area contributed by atoms with Crippen LogP contribution in [0.1, 0.15) is 43.4 Å². The van der Waals surface area contributed by atoms with Gasteiger partial charge in [0.15, 0.2) is 0 Å². The molecular formula is C19H28N4O2. The molecule has 1 aliphatic heterocycles. The number of rotatable bonds is 2. The van der Waals surface area contributed by atoms with Crippen LogP contribution in [0.3, 0.4) is 0 Å². The molecule has 0 bridgehead atoms. The van der Waals surface area contributed by atoms with Crippen LogP contribution in [-0.4, -0.2) is 52.9 Å². The molecule has 136 valence electrons. The lowest BCUT2D eigenvalue weighted by molar-refractivity contribution is -0.138. The van der Waals surface area contributed by atoms with Crippen LogP contribution in [-0.2, 0) is 4.79 Å². The molecule has 6 nitrogen and oxygen atoms in total. The molecule has 1 saturated carbocycles. The molecular weight excluding hydrogens is 316 g/mol. The Kier molecular flexibility index (Phi) is 5.56. The van der Waals surface area contributed by atoms with Gasteiger partial charge in [-0.15, -0.1) is 0 Å². The van der Waals surface area contributed by atoms with E-state index in [1.54, 1.807) is 4.90 Å². The van der Waals surface area contributed by atoms with E-state index in [0.717, 1.165) is 24.1 Å². The second-order valence-electron chi connectivity index (χ2n) is 7.25. The highest BCUT2D eigenvalue weighted by atomic mass is 16.2. The summed E-state index contributed by atoms with van der Waals surface area (Å²) >= 11 is 0. The number of piperazine rings is 1. The summed E-state index contributed by atoms with van der Waals surface area (Å²) in [6.07, 6.45) is 5.64. The van der Waals surface area contributed by atoms with E-state index in [1.165, 1.54) is 19.3 Å². The summed E-state index contributed by atoms with van der Waals surface area (Å²) in [6.45, 7) is 6.31. The van der Waals surface area contributed by atoms with Crippen LogP contribution in [0.25, 0.3) is 0 Å². The summed E-state index contributed by atoms with van der Waals surface area (Å²) in [6, 6.07) is 3.71. The Morgan fingerprint density at radius 3 is 2.28 bits per heavy atom. The maximum Gasteiger partial charge on any atom is 0.323 e. The lowest BCUT2D eigenvalue weighted by Crippen LogP contribution is -2.53. The Morgan fingerprint density at radius 1 is 1.00 bits per heavy atom. The largest absolute Gasteiger partial charge is 0.339 e. The van der Waals surface area contributed by atoms with Crippen LogP contribution in [0, 0.1) is 19.8 Å². The van der Waals surface area contributed by atoms with Gasteiger partial charge >= 0.3 is 6.03 Å². The van der Waals surface area contributed by atoms with E-state index in [0.29, 0.717) is 32.0 Å². The van der Waals surface area contributed by atoms with Crippen molar-refractivity contribution < 1.29 is 9.59 Å². The summed E-state index contributed by atoms with van der Waals surface area (Å²) in [7, 11) is 0. The number of urea groups is 1. The van der Waals surface area contributed by atoms with Crippen molar-refractivity contribution in [3.05, 3.63) is 23.4 Å². The highest BCUT2D eigenvalue weighted by Gasteiger charge is 2.29. The Hall–Kier alpha value is -2.11. The Labute approximate surface area is 149 Å².